The van der Waals surface area contributed by atoms with Crippen molar-refractivity contribution in [2.75, 3.05) is 20.3 Å². The molecule has 0 spiro atoms. The summed E-state index contributed by atoms with van der Waals surface area (Å²) in [5, 5.41) is 8.00. The highest BCUT2D eigenvalue weighted by Gasteiger charge is 2.11. The fourth-order valence-corrected chi connectivity index (χ4v) is 2.62. The standard InChI is InChI=1S/C11H17BrN2O2S/c1-8(11(15)13-3-4-16-2)14-6-10-5-9(12)7-17-10/h5,7-8,14H,3-4,6H2,1-2H3,(H,13,15). The van der Waals surface area contributed by atoms with Crippen molar-refractivity contribution in [3.8, 4) is 0 Å². The normalized spacial score (nSPS) is 12.4. The topological polar surface area (TPSA) is 50.4 Å². The first-order valence-electron chi connectivity index (χ1n) is 5.36. The second kappa shape index (κ2) is 7.81. The van der Waals surface area contributed by atoms with Crippen molar-refractivity contribution in [1.82, 2.24) is 10.6 Å². The molecule has 1 heterocycles. The minimum Gasteiger partial charge on any atom is -0.383 e. The van der Waals surface area contributed by atoms with Crippen LogP contribution in [0.4, 0.5) is 0 Å². The summed E-state index contributed by atoms with van der Waals surface area (Å²) in [6.45, 7) is 3.64. The molecule has 0 aliphatic rings. The lowest BCUT2D eigenvalue weighted by molar-refractivity contribution is -0.122. The molecule has 1 aromatic rings. The first-order chi connectivity index (χ1) is 8.13. The zero-order valence-electron chi connectivity index (χ0n) is 9.96. The van der Waals surface area contributed by atoms with Crippen molar-refractivity contribution < 1.29 is 9.53 Å². The van der Waals surface area contributed by atoms with E-state index in [0.29, 0.717) is 19.7 Å². The number of hydrogen-bond donors (Lipinski definition) is 2. The third-order valence-electron chi connectivity index (χ3n) is 2.20. The predicted molar refractivity (Wildman–Crippen MR) is 73.2 cm³/mol. The highest BCUT2D eigenvalue weighted by molar-refractivity contribution is 9.10. The predicted octanol–water partition coefficient (Wildman–Crippen LogP) is 1.75. The Hall–Kier alpha value is -0.430. The number of methoxy groups -OCH3 is 1. The number of rotatable bonds is 7. The van der Waals surface area contributed by atoms with Crippen LogP contribution in [0.15, 0.2) is 15.9 Å². The van der Waals surface area contributed by atoms with Crippen LogP contribution in [0.25, 0.3) is 0 Å². The summed E-state index contributed by atoms with van der Waals surface area (Å²) in [5.41, 5.74) is 0. The number of thiophene rings is 1. The van der Waals surface area contributed by atoms with Gasteiger partial charge in [0, 0.05) is 34.9 Å². The number of nitrogens with one attached hydrogen (secondary N) is 2. The average Bonchev–Trinajstić information content (AvgIpc) is 2.72. The van der Waals surface area contributed by atoms with E-state index in [0.717, 1.165) is 4.47 Å². The number of hydrogen-bond acceptors (Lipinski definition) is 4. The number of amides is 1. The molecule has 17 heavy (non-hydrogen) atoms. The fourth-order valence-electron chi connectivity index (χ4n) is 1.22. The Kier molecular flexibility index (Phi) is 6.72. The van der Waals surface area contributed by atoms with Crippen LogP contribution in [-0.4, -0.2) is 32.2 Å². The van der Waals surface area contributed by atoms with Gasteiger partial charge in [0.1, 0.15) is 0 Å². The van der Waals surface area contributed by atoms with Crippen molar-refractivity contribution in [2.45, 2.75) is 19.5 Å². The Morgan fingerprint density at radius 2 is 2.41 bits per heavy atom. The lowest BCUT2D eigenvalue weighted by atomic mass is 10.3. The molecule has 1 amide bonds. The second-order valence-corrected chi connectivity index (χ2v) is 5.53. The van der Waals surface area contributed by atoms with Crippen LogP contribution in [-0.2, 0) is 16.1 Å². The summed E-state index contributed by atoms with van der Waals surface area (Å²) < 4.78 is 5.95. The first kappa shape index (κ1) is 14.6. The Balaban J connectivity index is 2.24. The molecule has 0 radical (unpaired) electrons. The van der Waals surface area contributed by atoms with E-state index in [2.05, 4.69) is 26.6 Å². The van der Waals surface area contributed by atoms with E-state index in [1.807, 2.05) is 18.4 Å². The Morgan fingerprint density at radius 3 is 3.00 bits per heavy atom. The monoisotopic (exact) mass is 320 g/mol. The van der Waals surface area contributed by atoms with Crippen molar-refractivity contribution in [3.63, 3.8) is 0 Å². The SMILES string of the molecule is COCCNC(=O)C(C)NCc1cc(Br)cs1. The van der Waals surface area contributed by atoms with Gasteiger partial charge in [-0.05, 0) is 28.9 Å². The lowest BCUT2D eigenvalue weighted by Crippen LogP contribution is -2.42. The molecule has 96 valence electrons. The molecule has 0 aromatic carbocycles. The summed E-state index contributed by atoms with van der Waals surface area (Å²) in [6, 6.07) is 1.85. The number of carbonyl (C=O) groups excluding carboxylic acids is 1. The molecule has 1 aromatic heterocycles. The molecule has 0 aliphatic heterocycles. The number of carbonyl (C=O) groups is 1. The van der Waals surface area contributed by atoms with Gasteiger partial charge in [0.25, 0.3) is 0 Å². The molecule has 0 fully saturated rings. The van der Waals surface area contributed by atoms with Gasteiger partial charge in [-0.25, -0.2) is 0 Å². The third-order valence-corrected chi connectivity index (χ3v) is 3.90. The van der Waals surface area contributed by atoms with Crippen molar-refractivity contribution in [1.29, 1.82) is 0 Å². The van der Waals surface area contributed by atoms with Gasteiger partial charge in [-0.15, -0.1) is 11.3 Å². The molecule has 1 atom stereocenters. The van der Waals surface area contributed by atoms with Crippen LogP contribution >= 0.6 is 27.3 Å². The summed E-state index contributed by atoms with van der Waals surface area (Å²) in [4.78, 5) is 12.8. The van der Waals surface area contributed by atoms with Gasteiger partial charge in [0.15, 0.2) is 0 Å². The van der Waals surface area contributed by atoms with E-state index in [1.54, 1.807) is 18.4 Å². The van der Waals surface area contributed by atoms with Gasteiger partial charge >= 0.3 is 0 Å². The van der Waals surface area contributed by atoms with Crippen LogP contribution in [0.5, 0.6) is 0 Å². The highest BCUT2D eigenvalue weighted by atomic mass is 79.9. The molecule has 4 nitrogen and oxygen atoms in total. The lowest BCUT2D eigenvalue weighted by Gasteiger charge is -2.13. The van der Waals surface area contributed by atoms with Gasteiger partial charge in [-0.1, -0.05) is 0 Å². The minimum atomic E-state index is -0.201. The van der Waals surface area contributed by atoms with Crippen molar-refractivity contribution >= 4 is 33.2 Å². The van der Waals surface area contributed by atoms with Gasteiger partial charge in [-0.3, -0.25) is 4.79 Å². The average molecular weight is 321 g/mol. The molecular weight excluding hydrogens is 304 g/mol. The molecule has 2 N–H and O–H groups in total. The molecule has 0 bridgehead atoms. The van der Waals surface area contributed by atoms with E-state index >= 15 is 0 Å². The van der Waals surface area contributed by atoms with E-state index in [9.17, 15) is 4.79 Å². The van der Waals surface area contributed by atoms with Crippen molar-refractivity contribution in [2.24, 2.45) is 0 Å². The van der Waals surface area contributed by atoms with Gasteiger partial charge in [0.2, 0.25) is 5.91 Å². The number of halogens is 1. The molecule has 0 saturated carbocycles. The molecule has 0 saturated heterocycles. The van der Waals surface area contributed by atoms with E-state index < -0.39 is 0 Å². The first-order valence-corrected chi connectivity index (χ1v) is 7.03. The van der Waals surface area contributed by atoms with Gasteiger partial charge < -0.3 is 15.4 Å². The summed E-state index contributed by atoms with van der Waals surface area (Å²) in [6.07, 6.45) is 0. The zero-order chi connectivity index (χ0) is 12.7. The third kappa shape index (κ3) is 5.63. The Bertz CT molecular complexity index is 357. The summed E-state index contributed by atoms with van der Waals surface area (Å²) in [7, 11) is 1.61. The summed E-state index contributed by atoms with van der Waals surface area (Å²) >= 11 is 5.06. The van der Waals surface area contributed by atoms with Crippen LogP contribution in [0.2, 0.25) is 0 Å². The Labute approximate surface area is 114 Å². The molecule has 1 unspecified atom stereocenters. The largest absolute Gasteiger partial charge is 0.383 e. The molecule has 6 heteroatoms. The van der Waals surface area contributed by atoms with Crippen LogP contribution in [0.1, 0.15) is 11.8 Å². The smallest absolute Gasteiger partial charge is 0.236 e. The van der Waals surface area contributed by atoms with E-state index in [1.165, 1.54) is 4.88 Å². The maximum Gasteiger partial charge on any atom is 0.236 e. The van der Waals surface area contributed by atoms with Gasteiger partial charge in [0.05, 0.1) is 12.6 Å². The maximum atomic E-state index is 11.6. The molecular formula is C11H17BrN2O2S. The molecule has 1 rings (SSSR count). The summed E-state index contributed by atoms with van der Waals surface area (Å²) in [5.74, 6) is -0.00216. The minimum absolute atomic E-state index is 0.00216. The van der Waals surface area contributed by atoms with Crippen molar-refractivity contribution in [3.05, 3.63) is 20.8 Å². The fraction of sp³-hybridized carbons (Fsp3) is 0.545. The van der Waals surface area contributed by atoms with Crippen LogP contribution in [0.3, 0.4) is 0 Å². The maximum absolute atomic E-state index is 11.6. The zero-order valence-corrected chi connectivity index (χ0v) is 12.4. The second-order valence-electron chi connectivity index (χ2n) is 3.62. The quantitative estimate of drug-likeness (QED) is 0.753. The van der Waals surface area contributed by atoms with Crippen LogP contribution < -0.4 is 10.6 Å². The number of ether oxygens (including phenoxy) is 1. The van der Waals surface area contributed by atoms with E-state index in [4.69, 9.17) is 4.74 Å². The van der Waals surface area contributed by atoms with Gasteiger partial charge in [-0.2, -0.15) is 0 Å². The van der Waals surface area contributed by atoms with E-state index in [-0.39, 0.29) is 11.9 Å². The highest BCUT2D eigenvalue weighted by Crippen LogP contribution is 2.19. The van der Waals surface area contributed by atoms with Crippen LogP contribution in [0, 0.1) is 0 Å². The molecule has 0 aliphatic carbocycles. The Morgan fingerprint density at radius 1 is 1.65 bits per heavy atom.